The Morgan fingerprint density at radius 2 is 2.00 bits per heavy atom. The van der Waals surface area contributed by atoms with Crippen molar-refractivity contribution in [2.45, 2.75) is 39.0 Å². The Morgan fingerprint density at radius 3 is 2.69 bits per heavy atom. The molecule has 5 rings (SSSR count). The van der Waals surface area contributed by atoms with Crippen LogP contribution in [0.25, 0.3) is 27.8 Å². The maximum atomic E-state index is 12.2. The standard InChI is InChI=1S/C27H35N7O2/c1-17(2)25-21-12-24(33-8-6-18(7-9-33)10-20(35)15-32(3)4)28-13-22(21)31-26(25)19-11-23(36-5)27-29-16-30-34(27)14-19/h11-14,16-18,31H,6-10,15H2,1-5H3. The highest BCUT2D eigenvalue weighted by atomic mass is 16.5. The zero-order chi connectivity index (χ0) is 25.4. The number of H-pyrrole nitrogens is 1. The van der Waals surface area contributed by atoms with Gasteiger partial charge in [0, 0.05) is 36.7 Å². The summed E-state index contributed by atoms with van der Waals surface area (Å²) in [5.74, 6) is 2.78. The van der Waals surface area contributed by atoms with Crippen molar-refractivity contribution in [1.82, 2.24) is 29.5 Å². The minimum Gasteiger partial charge on any atom is -0.493 e. The molecule has 1 aliphatic rings. The van der Waals surface area contributed by atoms with Gasteiger partial charge in [-0.3, -0.25) is 4.79 Å². The minimum absolute atomic E-state index is 0.301. The summed E-state index contributed by atoms with van der Waals surface area (Å²) in [6.07, 6.45) is 8.18. The van der Waals surface area contributed by atoms with Gasteiger partial charge in [0.25, 0.3) is 0 Å². The summed E-state index contributed by atoms with van der Waals surface area (Å²) in [4.78, 5) is 29.3. The first-order chi connectivity index (χ1) is 17.3. The van der Waals surface area contributed by atoms with Crippen molar-refractivity contribution in [3.63, 3.8) is 0 Å². The van der Waals surface area contributed by atoms with Gasteiger partial charge in [0.1, 0.15) is 17.9 Å². The number of piperidine rings is 1. The number of carbonyl (C=O) groups is 1. The number of fused-ring (bicyclic) bond motifs is 2. The first-order valence-electron chi connectivity index (χ1n) is 12.6. The van der Waals surface area contributed by atoms with Crippen molar-refractivity contribution in [2.24, 2.45) is 5.92 Å². The molecule has 0 saturated carbocycles. The first-order valence-corrected chi connectivity index (χ1v) is 12.6. The normalized spacial score (nSPS) is 15.0. The molecule has 1 fully saturated rings. The van der Waals surface area contributed by atoms with Crippen LogP contribution < -0.4 is 9.64 Å². The fraction of sp³-hybridized carbons (Fsp3) is 0.481. The van der Waals surface area contributed by atoms with Crippen molar-refractivity contribution in [3.05, 3.63) is 36.4 Å². The predicted molar refractivity (Wildman–Crippen MR) is 142 cm³/mol. The number of hydrogen-bond donors (Lipinski definition) is 1. The molecule has 0 radical (unpaired) electrons. The summed E-state index contributed by atoms with van der Waals surface area (Å²) < 4.78 is 7.34. The number of Topliss-reactive ketones (excluding diaryl/α,β-unsaturated/α-hetero) is 1. The van der Waals surface area contributed by atoms with E-state index in [-0.39, 0.29) is 0 Å². The number of anilines is 1. The molecule has 0 bridgehead atoms. The molecule has 1 N–H and O–H groups in total. The van der Waals surface area contributed by atoms with E-state index in [1.54, 1.807) is 11.6 Å². The number of aromatic nitrogens is 5. The quantitative estimate of drug-likeness (QED) is 0.398. The van der Waals surface area contributed by atoms with Crippen LogP contribution in [0, 0.1) is 5.92 Å². The average Bonchev–Trinajstić information content (AvgIpc) is 3.47. The number of ketones is 1. The highest BCUT2D eigenvalue weighted by Crippen LogP contribution is 2.38. The molecule has 190 valence electrons. The molecule has 9 nitrogen and oxygen atoms in total. The third kappa shape index (κ3) is 4.67. The molecule has 1 saturated heterocycles. The van der Waals surface area contributed by atoms with Gasteiger partial charge in [0.15, 0.2) is 11.4 Å². The summed E-state index contributed by atoms with van der Waals surface area (Å²) in [6.45, 7) is 6.81. The lowest BCUT2D eigenvalue weighted by atomic mass is 9.91. The van der Waals surface area contributed by atoms with E-state index in [0.29, 0.717) is 42.0 Å². The average molecular weight is 490 g/mol. The molecule has 9 heteroatoms. The van der Waals surface area contributed by atoms with E-state index in [1.165, 1.54) is 17.3 Å². The predicted octanol–water partition coefficient (Wildman–Crippen LogP) is 4.14. The lowest BCUT2D eigenvalue weighted by molar-refractivity contribution is -0.120. The largest absolute Gasteiger partial charge is 0.493 e. The molecule has 36 heavy (non-hydrogen) atoms. The molecule has 0 atom stereocenters. The number of aromatic amines is 1. The fourth-order valence-corrected chi connectivity index (χ4v) is 5.39. The molecular weight excluding hydrogens is 454 g/mol. The lowest BCUT2D eigenvalue weighted by Gasteiger charge is -2.32. The Labute approximate surface area is 211 Å². The Hall–Kier alpha value is -3.46. The van der Waals surface area contributed by atoms with E-state index in [0.717, 1.165) is 48.5 Å². The van der Waals surface area contributed by atoms with Gasteiger partial charge >= 0.3 is 0 Å². The van der Waals surface area contributed by atoms with Crippen LogP contribution in [0.1, 0.15) is 44.6 Å². The number of nitrogens with zero attached hydrogens (tertiary/aromatic N) is 6. The molecule has 4 aromatic heterocycles. The van der Waals surface area contributed by atoms with Crippen LogP contribution in [0.4, 0.5) is 5.82 Å². The molecule has 1 aliphatic heterocycles. The van der Waals surface area contributed by atoms with Gasteiger partial charge in [-0.15, -0.1) is 0 Å². The number of methoxy groups -OCH3 is 1. The van der Waals surface area contributed by atoms with Gasteiger partial charge in [0.2, 0.25) is 0 Å². The summed E-state index contributed by atoms with van der Waals surface area (Å²) in [7, 11) is 5.55. The number of hydrogen-bond acceptors (Lipinski definition) is 7. The molecule has 0 unspecified atom stereocenters. The Morgan fingerprint density at radius 1 is 1.22 bits per heavy atom. The van der Waals surface area contributed by atoms with Gasteiger partial charge in [-0.05, 0) is 56.5 Å². The smallest absolute Gasteiger partial charge is 0.197 e. The summed E-state index contributed by atoms with van der Waals surface area (Å²) in [5.41, 5.74) is 5.00. The summed E-state index contributed by atoms with van der Waals surface area (Å²) in [6, 6.07) is 4.23. The lowest BCUT2D eigenvalue weighted by Crippen LogP contribution is -2.35. The second kappa shape index (κ2) is 9.89. The number of pyridine rings is 2. The minimum atomic E-state index is 0.301. The maximum absolute atomic E-state index is 12.2. The number of likely N-dealkylation sites (N-methyl/N-ethyl adjacent to an activating group) is 1. The molecule has 5 heterocycles. The third-order valence-corrected chi connectivity index (χ3v) is 7.08. The molecule has 0 aromatic carbocycles. The monoisotopic (exact) mass is 489 g/mol. The molecule has 4 aromatic rings. The number of rotatable bonds is 8. The van der Waals surface area contributed by atoms with E-state index in [1.807, 2.05) is 37.5 Å². The van der Waals surface area contributed by atoms with Crippen LogP contribution in [0.2, 0.25) is 0 Å². The van der Waals surface area contributed by atoms with Crippen LogP contribution in [0.5, 0.6) is 5.75 Å². The van der Waals surface area contributed by atoms with Crippen molar-refractivity contribution < 1.29 is 9.53 Å². The fourth-order valence-electron chi connectivity index (χ4n) is 5.39. The third-order valence-electron chi connectivity index (χ3n) is 7.08. The summed E-state index contributed by atoms with van der Waals surface area (Å²) >= 11 is 0. The van der Waals surface area contributed by atoms with Crippen LogP contribution in [0.3, 0.4) is 0 Å². The van der Waals surface area contributed by atoms with Gasteiger partial charge < -0.3 is 19.5 Å². The van der Waals surface area contributed by atoms with Crippen molar-refractivity contribution in [2.75, 3.05) is 45.7 Å². The second-order valence-corrected chi connectivity index (χ2v) is 10.4. The van der Waals surface area contributed by atoms with E-state index < -0.39 is 0 Å². The number of nitrogens with one attached hydrogen (secondary N) is 1. The Kier molecular flexibility index (Phi) is 6.66. The van der Waals surface area contributed by atoms with Crippen LogP contribution >= 0.6 is 0 Å². The van der Waals surface area contributed by atoms with Crippen LogP contribution in [0.15, 0.2) is 30.9 Å². The summed E-state index contributed by atoms with van der Waals surface area (Å²) in [5, 5.41) is 5.51. The topological polar surface area (TPSA) is 91.7 Å². The van der Waals surface area contributed by atoms with E-state index >= 15 is 0 Å². The molecule has 0 amide bonds. The number of carbonyl (C=O) groups excluding carboxylic acids is 1. The zero-order valence-electron chi connectivity index (χ0n) is 21.8. The Bertz CT molecular complexity index is 1380. The van der Waals surface area contributed by atoms with Crippen molar-refractivity contribution in [3.8, 4) is 17.0 Å². The molecule has 0 spiro atoms. The second-order valence-electron chi connectivity index (χ2n) is 10.4. The van der Waals surface area contributed by atoms with Crippen LogP contribution in [-0.4, -0.2) is 76.1 Å². The van der Waals surface area contributed by atoms with Crippen molar-refractivity contribution in [1.29, 1.82) is 0 Å². The van der Waals surface area contributed by atoms with E-state index in [2.05, 4.69) is 39.9 Å². The first kappa shape index (κ1) is 24.2. The highest BCUT2D eigenvalue weighted by Gasteiger charge is 2.24. The van der Waals surface area contributed by atoms with Crippen molar-refractivity contribution >= 4 is 28.2 Å². The molecular formula is C27H35N7O2. The van der Waals surface area contributed by atoms with E-state index in [4.69, 9.17) is 9.72 Å². The van der Waals surface area contributed by atoms with Gasteiger partial charge in [0.05, 0.1) is 31.1 Å². The van der Waals surface area contributed by atoms with Gasteiger partial charge in [-0.1, -0.05) is 13.8 Å². The maximum Gasteiger partial charge on any atom is 0.197 e. The van der Waals surface area contributed by atoms with Crippen LogP contribution in [-0.2, 0) is 4.79 Å². The van der Waals surface area contributed by atoms with Gasteiger partial charge in [-0.25, -0.2) is 14.5 Å². The van der Waals surface area contributed by atoms with Gasteiger partial charge in [-0.2, -0.15) is 5.10 Å². The Balaban J connectivity index is 1.43. The van der Waals surface area contributed by atoms with E-state index in [9.17, 15) is 4.79 Å². The molecule has 0 aliphatic carbocycles. The SMILES string of the molecule is COc1cc(-c2[nH]c3cnc(N4CCC(CC(=O)CN(C)C)CC4)cc3c2C(C)C)cn2ncnc12. The highest BCUT2D eigenvalue weighted by molar-refractivity contribution is 5.92. The number of ether oxygens (including phenoxy) is 1. The zero-order valence-corrected chi connectivity index (χ0v) is 21.8.